The molecule has 0 aromatic heterocycles. The molecule has 2 atom stereocenters. The van der Waals surface area contributed by atoms with Crippen molar-refractivity contribution in [3.8, 4) is 11.1 Å². The number of benzene rings is 4. The Labute approximate surface area is 237 Å². The van der Waals surface area contributed by atoms with E-state index >= 15 is 0 Å². The molecular weight excluding hydrogens is 582 g/mol. The van der Waals surface area contributed by atoms with Gasteiger partial charge in [0.05, 0.1) is 0 Å². The van der Waals surface area contributed by atoms with E-state index in [-0.39, 0.29) is 0 Å². The number of hydrogen-bond acceptors (Lipinski definition) is 1. The Balaban J connectivity index is 1.33. The Morgan fingerprint density at radius 3 is 1.70 bits per heavy atom. The van der Waals surface area contributed by atoms with Crippen LogP contribution in [-0.4, -0.2) is 0 Å². The first-order valence-electron chi connectivity index (χ1n) is 13.6. The predicted octanol–water partition coefficient (Wildman–Crippen LogP) is 11.0. The summed E-state index contributed by atoms with van der Waals surface area (Å²) in [4.78, 5) is 2.35. The molecule has 0 amide bonds. The highest BCUT2D eigenvalue weighted by Gasteiger charge is 2.42. The number of hydrogen-bond donors (Lipinski definition) is 0. The second-order valence-corrected chi connectivity index (χ2v) is 13.3. The molecular formula is C34H31Br2N. The van der Waals surface area contributed by atoms with Gasteiger partial charge in [0, 0.05) is 26.0 Å². The van der Waals surface area contributed by atoms with Gasteiger partial charge in [0.15, 0.2) is 0 Å². The normalized spacial score (nSPS) is 23.5. The fraction of sp³-hybridized carbons (Fsp3) is 0.294. The molecule has 4 bridgehead atoms. The van der Waals surface area contributed by atoms with Crippen molar-refractivity contribution in [1.29, 1.82) is 0 Å². The zero-order valence-electron chi connectivity index (χ0n) is 21.1. The maximum absolute atomic E-state index is 3.60. The largest absolute Gasteiger partial charge is 0.310 e. The van der Waals surface area contributed by atoms with E-state index in [4.69, 9.17) is 0 Å². The molecule has 2 unspecified atom stereocenters. The molecule has 0 heterocycles. The van der Waals surface area contributed by atoms with Gasteiger partial charge < -0.3 is 4.90 Å². The van der Waals surface area contributed by atoms with E-state index in [0.717, 1.165) is 44.0 Å². The van der Waals surface area contributed by atoms with Crippen molar-refractivity contribution in [3.05, 3.63) is 111 Å². The molecule has 0 radical (unpaired) electrons. The third kappa shape index (κ3) is 4.38. The molecule has 4 aromatic rings. The maximum atomic E-state index is 3.60. The topological polar surface area (TPSA) is 3.24 Å². The van der Waals surface area contributed by atoms with Gasteiger partial charge in [0.1, 0.15) is 0 Å². The van der Waals surface area contributed by atoms with Gasteiger partial charge in [-0.1, -0.05) is 56.1 Å². The molecule has 37 heavy (non-hydrogen) atoms. The zero-order chi connectivity index (χ0) is 25.1. The molecule has 3 heteroatoms. The average molecular weight is 613 g/mol. The number of nitrogens with zero attached hydrogens (tertiary/aromatic N) is 1. The fourth-order valence-corrected chi connectivity index (χ4v) is 8.04. The van der Waals surface area contributed by atoms with E-state index < -0.39 is 0 Å². The van der Waals surface area contributed by atoms with Crippen LogP contribution in [0.4, 0.5) is 17.1 Å². The Morgan fingerprint density at radius 2 is 1.11 bits per heavy atom. The highest BCUT2D eigenvalue weighted by atomic mass is 79.9. The van der Waals surface area contributed by atoms with E-state index in [1.807, 2.05) is 0 Å². The standard InChI is InChI=1S/C34H31Br2N/c1-21-2-8-31(37(29-9-4-27(35)5-10-29)30-11-6-28(36)7-12-30)20-33(21)24-3-13-32-25-15-22-14-23(16-25)18-26(17-22)34(32)19-24/h2-13,19-20,22-23,25-26H,14-18H2,1H3. The van der Waals surface area contributed by atoms with Crippen molar-refractivity contribution in [2.45, 2.75) is 50.9 Å². The summed E-state index contributed by atoms with van der Waals surface area (Å²) in [5.74, 6) is 3.46. The Hall–Kier alpha value is -2.36. The number of aryl methyl sites for hydroxylation is 1. The van der Waals surface area contributed by atoms with Crippen molar-refractivity contribution in [2.75, 3.05) is 4.90 Å². The molecule has 4 aliphatic carbocycles. The molecule has 4 aromatic carbocycles. The first-order valence-corrected chi connectivity index (χ1v) is 15.2. The lowest BCUT2D eigenvalue weighted by molar-refractivity contribution is 0.166. The molecule has 2 fully saturated rings. The average Bonchev–Trinajstić information content (AvgIpc) is 3.07. The molecule has 0 spiro atoms. The van der Waals surface area contributed by atoms with Gasteiger partial charge in [0.2, 0.25) is 0 Å². The first kappa shape index (κ1) is 23.7. The second-order valence-electron chi connectivity index (χ2n) is 11.4. The quantitative estimate of drug-likeness (QED) is 0.221. The summed E-state index contributed by atoms with van der Waals surface area (Å²) in [5.41, 5.74) is 10.8. The summed E-state index contributed by atoms with van der Waals surface area (Å²) in [6.45, 7) is 2.25. The van der Waals surface area contributed by atoms with Gasteiger partial charge in [0.25, 0.3) is 0 Å². The maximum Gasteiger partial charge on any atom is 0.0467 e. The summed E-state index contributed by atoms with van der Waals surface area (Å²) in [6.07, 6.45) is 7.14. The Kier molecular flexibility index (Phi) is 6.05. The summed E-state index contributed by atoms with van der Waals surface area (Å²) < 4.78 is 2.17. The van der Waals surface area contributed by atoms with Crippen LogP contribution >= 0.6 is 31.9 Å². The smallest absolute Gasteiger partial charge is 0.0467 e. The third-order valence-electron chi connectivity index (χ3n) is 9.06. The van der Waals surface area contributed by atoms with Crippen LogP contribution in [0.3, 0.4) is 0 Å². The van der Waals surface area contributed by atoms with Crippen molar-refractivity contribution >= 4 is 48.9 Å². The van der Waals surface area contributed by atoms with Crippen LogP contribution < -0.4 is 4.90 Å². The molecule has 1 nitrogen and oxygen atoms in total. The van der Waals surface area contributed by atoms with E-state index in [9.17, 15) is 0 Å². The van der Waals surface area contributed by atoms with E-state index in [0.29, 0.717) is 0 Å². The van der Waals surface area contributed by atoms with Crippen LogP contribution in [0.15, 0.2) is 93.9 Å². The minimum Gasteiger partial charge on any atom is -0.310 e. The predicted molar refractivity (Wildman–Crippen MR) is 162 cm³/mol. The number of rotatable bonds is 4. The van der Waals surface area contributed by atoms with Gasteiger partial charge >= 0.3 is 0 Å². The molecule has 186 valence electrons. The SMILES string of the molecule is Cc1ccc(N(c2ccc(Br)cc2)c2ccc(Br)cc2)cc1-c1ccc2c(c1)C1CC3CC(CC2C3)C1. The molecule has 2 saturated carbocycles. The van der Waals surface area contributed by atoms with Gasteiger partial charge in [-0.05, 0) is 151 Å². The highest BCUT2D eigenvalue weighted by molar-refractivity contribution is 9.10. The van der Waals surface area contributed by atoms with E-state index in [2.05, 4.69) is 129 Å². The van der Waals surface area contributed by atoms with Gasteiger partial charge in [-0.3, -0.25) is 0 Å². The fourth-order valence-electron chi connectivity index (χ4n) is 7.51. The summed E-state index contributed by atoms with van der Waals surface area (Å²) in [7, 11) is 0. The van der Waals surface area contributed by atoms with E-state index in [1.54, 1.807) is 11.1 Å². The van der Waals surface area contributed by atoms with Crippen LogP contribution in [0, 0.1) is 18.8 Å². The molecule has 8 rings (SSSR count). The Bertz CT molecular complexity index is 1400. The van der Waals surface area contributed by atoms with Crippen molar-refractivity contribution in [3.63, 3.8) is 0 Å². The van der Waals surface area contributed by atoms with Crippen molar-refractivity contribution in [2.24, 2.45) is 11.8 Å². The lowest BCUT2D eigenvalue weighted by Gasteiger charge is -2.38. The van der Waals surface area contributed by atoms with Gasteiger partial charge in [-0.2, -0.15) is 0 Å². The van der Waals surface area contributed by atoms with Gasteiger partial charge in [-0.15, -0.1) is 0 Å². The van der Waals surface area contributed by atoms with Crippen molar-refractivity contribution in [1.82, 2.24) is 0 Å². The van der Waals surface area contributed by atoms with Crippen LogP contribution in [0.2, 0.25) is 0 Å². The lowest BCUT2D eigenvalue weighted by Crippen LogP contribution is -2.25. The minimum absolute atomic E-state index is 0.761. The zero-order valence-corrected chi connectivity index (χ0v) is 24.3. The number of halogens is 2. The monoisotopic (exact) mass is 611 g/mol. The molecule has 4 aliphatic rings. The first-order chi connectivity index (χ1) is 18.0. The van der Waals surface area contributed by atoms with Gasteiger partial charge in [-0.25, -0.2) is 0 Å². The number of anilines is 3. The van der Waals surface area contributed by atoms with Crippen LogP contribution in [0.5, 0.6) is 0 Å². The molecule has 0 N–H and O–H groups in total. The lowest BCUT2D eigenvalue weighted by atomic mass is 9.67. The summed E-state index contributed by atoms with van der Waals surface area (Å²) >= 11 is 7.21. The summed E-state index contributed by atoms with van der Waals surface area (Å²) in [6, 6.07) is 31.6. The molecule has 0 saturated heterocycles. The molecule has 0 aliphatic heterocycles. The highest BCUT2D eigenvalue weighted by Crippen LogP contribution is 2.56. The van der Waals surface area contributed by atoms with Crippen LogP contribution in [-0.2, 0) is 0 Å². The van der Waals surface area contributed by atoms with Crippen LogP contribution in [0.1, 0.15) is 60.6 Å². The Morgan fingerprint density at radius 1 is 0.568 bits per heavy atom. The van der Waals surface area contributed by atoms with Crippen molar-refractivity contribution < 1.29 is 0 Å². The second kappa shape index (κ2) is 9.43. The minimum atomic E-state index is 0.761. The summed E-state index contributed by atoms with van der Waals surface area (Å²) in [5, 5.41) is 0. The third-order valence-corrected chi connectivity index (χ3v) is 10.1. The van der Waals surface area contributed by atoms with Crippen LogP contribution in [0.25, 0.3) is 11.1 Å². The van der Waals surface area contributed by atoms with E-state index in [1.165, 1.54) is 54.5 Å².